The van der Waals surface area contributed by atoms with E-state index in [0.29, 0.717) is 0 Å². The Labute approximate surface area is 82.4 Å². The number of hydrogen-bond donors (Lipinski definition) is 3. The summed E-state index contributed by atoms with van der Waals surface area (Å²) in [6, 6.07) is -0.925. The summed E-state index contributed by atoms with van der Waals surface area (Å²) in [5.41, 5.74) is 0.820. The number of nitrogens with one attached hydrogen (secondary N) is 1. The quantitative estimate of drug-likeness (QED) is 0.459. The van der Waals surface area contributed by atoms with Gasteiger partial charge in [-0.1, -0.05) is 5.57 Å². The molecule has 13 heavy (non-hydrogen) atoms. The second-order valence-corrected chi connectivity index (χ2v) is 3.17. The molecule has 0 unspecified atom stereocenters. The number of carboxylic acids is 1. The molecule has 0 heterocycles. The van der Waals surface area contributed by atoms with E-state index in [0.717, 1.165) is 5.57 Å². The van der Waals surface area contributed by atoms with Crippen molar-refractivity contribution in [1.82, 2.24) is 5.32 Å². The minimum Gasteiger partial charge on any atom is -0.480 e. The molecule has 0 aromatic heterocycles. The third-order valence-corrected chi connectivity index (χ3v) is 1.58. The van der Waals surface area contributed by atoms with Gasteiger partial charge >= 0.3 is 5.97 Å². The summed E-state index contributed by atoms with van der Waals surface area (Å²) in [4.78, 5) is 21.5. The summed E-state index contributed by atoms with van der Waals surface area (Å²) in [6.07, 6.45) is 1.35. The smallest absolute Gasteiger partial charge is 0.327 e. The Morgan fingerprint density at radius 1 is 1.54 bits per heavy atom. The van der Waals surface area contributed by atoms with Crippen molar-refractivity contribution < 1.29 is 14.7 Å². The largest absolute Gasteiger partial charge is 0.480 e. The average molecular weight is 203 g/mol. The molecule has 0 rings (SSSR count). The Balaban J connectivity index is 4.18. The third kappa shape index (κ3) is 5.30. The van der Waals surface area contributed by atoms with Crippen LogP contribution in [-0.4, -0.2) is 28.8 Å². The molecule has 0 aliphatic carbocycles. The molecule has 0 radical (unpaired) electrons. The second kappa shape index (κ2) is 5.64. The molecule has 1 amide bonds. The zero-order valence-corrected chi connectivity index (χ0v) is 8.47. The molecule has 0 aromatic carbocycles. The highest BCUT2D eigenvalue weighted by molar-refractivity contribution is 7.80. The van der Waals surface area contributed by atoms with Gasteiger partial charge in [0.25, 0.3) is 0 Å². The first-order valence-electron chi connectivity index (χ1n) is 3.76. The van der Waals surface area contributed by atoms with Gasteiger partial charge in [0.05, 0.1) is 0 Å². The lowest BCUT2D eigenvalue weighted by Gasteiger charge is -2.09. The number of amides is 1. The fraction of sp³-hybridized carbons (Fsp3) is 0.500. The van der Waals surface area contributed by atoms with Crippen molar-refractivity contribution in [3.63, 3.8) is 0 Å². The van der Waals surface area contributed by atoms with Gasteiger partial charge in [0.1, 0.15) is 6.04 Å². The summed E-state index contributed by atoms with van der Waals surface area (Å²) in [5.74, 6) is -1.40. The standard InChI is InChI=1S/C8H13NO3S/c1-5(2)3-7(10)9-6(4-13)8(11)12/h3,6,13H,4H2,1-2H3,(H,9,10)(H,11,12)/t6-/m0/s1. The summed E-state index contributed by atoms with van der Waals surface area (Å²) in [6.45, 7) is 3.52. The number of rotatable bonds is 4. The van der Waals surface area contributed by atoms with Crippen LogP contribution in [0.5, 0.6) is 0 Å². The lowest BCUT2D eigenvalue weighted by molar-refractivity contribution is -0.140. The molecule has 0 saturated carbocycles. The number of carbonyl (C=O) groups is 2. The molecule has 0 fully saturated rings. The number of carbonyl (C=O) groups excluding carboxylic acids is 1. The number of hydrogen-bond acceptors (Lipinski definition) is 3. The molecule has 2 N–H and O–H groups in total. The third-order valence-electron chi connectivity index (χ3n) is 1.22. The van der Waals surface area contributed by atoms with E-state index in [2.05, 4.69) is 17.9 Å². The predicted octanol–water partition coefficient (Wildman–Crippen LogP) is 0.452. The minimum atomic E-state index is -1.08. The van der Waals surface area contributed by atoms with Crippen molar-refractivity contribution >= 4 is 24.5 Å². The zero-order chi connectivity index (χ0) is 10.4. The first kappa shape index (κ1) is 12.0. The van der Waals surface area contributed by atoms with E-state index < -0.39 is 17.9 Å². The fourth-order valence-corrected chi connectivity index (χ4v) is 0.909. The molecule has 0 aliphatic heterocycles. The molecule has 74 valence electrons. The monoisotopic (exact) mass is 203 g/mol. The Kier molecular flexibility index (Phi) is 5.22. The Morgan fingerprint density at radius 2 is 2.08 bits per heavy atom. The summed E-state index contributed by atoms with van der Waals surface area (Å²) in [7, 11) is 0. The van der Waals surface area contributed by atoms with Crippen LogP contribution in [0.1, 0.15) is 13.8 Å². The molecular weight excluding hydrogens is 190 g/mol. The van der Waals surface area contributed by atoms with E-state index in [1.807, 2.05) is 0 Å². The van der Waals surface area contributed by atoms with Crippen LogP contribution in [0.25, 0.3) is 0 Å². The van der Waals surface area contributed by atoms with E-state index in [-0.39, 0.29) is 5.75 Å². The van der Waals surface area contributed by atoms with Gasteiger partial charge in [-0.25, -0.2) is 4.79 Å². The minimum absolute atomic E-state index is 0.0810. The molecular formula is C8H13NO3S. The van der Waals surface area contributed by atoms with Crippen molar-refractivity contribution in [2.75, 3.05) is 5.75 Å². The van der Waals surface area contributed by atoms with Gasteiger partial charge in [0.15, 0.2) is 0 Å². The first-order chi connectivity index (χ1) is 5.97. The van der Waals surface area contributed by atoms with Crippen LogP contribution in [0.4, 0.5) is 0 Å². The number of thiol groups is 1. The van der Waals surface area contributed by atoms with Crippen LogP contribution in [0.15, 0.2) is 11.6 Å². The summed E-state index contributed by atoms with van der Waals surface area (Å²) in [5, 5.41) is 10.9. The van der Waals surface area contributed by atoms with Crippen LogP contribution in [0.2, 0.25) is 0 Å². The molecule has 0 aromatic rings. The van der Waals surface area contributed by atoms with Gasteiger partial charge in [0.2, 0.25) is 5.91 Å². The van der Waals surface area contributed by atoms with E-state index in [1.54, 1.807) is 13.8 Å². The maximum Gasteiger partial charge on any atom is 0.327 e. The molecule has 1 atom stereocenters. The molecule has 0 saturated heterocycles. The van der Waals surface area contributed by atoms with Gasteiger partial charge in [-0.05, 0) is 13.8 Å². The summed E-state index contributed by atoms with van der Waals surface area (Å²) < 4.78 is 0. The van der Waals surface area contributed by atoms with E-state index in [9.17, 15) is 9.59 Å². The van der Waals surface area contributed by atoms with Crippen molar-refractivity contribution in [3.8, 4) is 0 Å². The Morgan fingerprint density at radius 3 is 2.38 bits per heavy atom. The Bertz CT molecular complexity index is 234. The lowest BCUT2D eigenvalue weighted by Crippen LogP contribution is -2.41. The highest BCUT2D eigenvalue weighted by atomic mass is 32.1. The number of allylic oxidation sites excluding steroid dienone is 1. The lowest BCUT2D eigenvalue weighted by atomic mass is 10.3. The average Bonchev–Trinajstić information content (AvgIpc) is 1.98. The van der Waals surface area contributed by atoms with Crippen LogP contribution in [-0.2, 0) is 9.59 Å². The fourth-order valence-electron chi connectivity index (χ4n) is 0.661. The van der Waals surface area contributed by atoms with Crippen molar-refractivity contribution in [2.45, 2.75) is 19.9 Å². The molecule has 5 heteroatoms. The van der Waals surface area contributed by atoms with Crippen molar-refractivity contribution in [1.29, 1.82) is 0 Å². The maximum atomic E-state index is 11.0. The van der Waals surface area contributed by atoms with Gasteiger partial charge in [-0.15, -0.1) is 0 Å². The van der Waals surface area contributed by atoms with Crippen molar-refractivity contribution in [3.05, 3.63) is 11.6 Å². The zero-order valence-electron chi connectivity index (χ0n) is 7.57. The van der Waals surface area contributed by atoms with E-state index in [4.69, 9.17) is 5.11 Å². The highest BCUT2D eigenvalue weighted by Crippen LogP contribution is 1.91. The van der Waals surface area contributed by atoms with E-state index >= 15 is 0 Å². The Hall–Kier alpha value is -0.970. The van der Waals surface area contributed by atoms with E-state index in [1.165, 1.54) is 6.08 Å². The van der Waals surface area contributed by atoms with Gasteiger partial charge in [-0.3, -0.25) is 4.79 Å². The van der Waals surface area contributed by atoms with Gasteiger partial charge in [-0.2, -0.15) is 12.6 Å². The van der Waals surface area contributed by atoms with Crippen LogP contribution in [0, 0.1) is 0 Å². The highest BCUT2D eigenvalue weighted by Gasteiger charge is 2.16. The number of carboxylic acid groups (broad SMARTS) is 1. The van der Waals surface area contributed by atoms with Gasteiger partial charge < -0.3 is 10.4 Å². The molecule has 0 bridgehead atoms. The molecule has 0 spiro atoms. The number of aliphatic carboxylic acids is 1. The van der Waals surface area contributed by atoms with Gasteiger partial charge in [0, 0.05) is 11.8 Å². The molecule has 4 nitrogen and oxygen atoms in total. The van der Waals surface area contributed by atoms with Crippen LogP contribution < -0.4 is 5.32 Å². The predicted molar refractivity (Wildman–Crippen MR) is 52.9 cm³/mol. The SMILES string of the molecule is CC(C)=CC(=O)N[C@@H](CS)C(=O)O. The second-order valence-electron chi connectivity index (χ2n) is 2.80. The first-order valence-corrected chi connectivity index (χ1v) is 4.39. The molecule has 0 aliphatic rings. The van der Waals surface area contributed by atoms with Crippen LogP contribution >= 0.6 is 12.6 Å². The topological polar surface area (TPSA) is 66.4 Å². The van der Waals surface area contributed by atoms with Crippen LogP contribution in [0.3, 0.4) is 0 Å². The maximum absolute atomic E-state index is 11.0. The van der Waals surface area contributed by atoms with Crippen molar-refractivity contribution in [2.24, 2.45) is 0 Å². The normalized spacial score (nSPS) is 11.6. The summed E-state index contributed by atoms with van der Waals surface area (Å²) >= 11 is 3.80.